The number of imidazole rings is 1. The Hall–Kier alpha value is -2.69. The number of amides is 1. The Bertz CT molecular complexity index is 795. The maximum Gasteiger partial charge on any atom is 0.220 e. The van der Waals surface area contributed by atoms with Crippen molar-refractivity contribution in [1.82, 2.24) is 20.3 Å². The molecule has 2 heterocycles. The lowest BCUT2D eigenvalue weighted by Gasteiger charge is -2.10. The van der Waals surface area contributed by atoms with Gasteiger partial charge in [-0.2, -0.15) is 0 Å². The molecular formula is C17H18N4O. The van der Waals surface area contributed by atoms with Gasteiger partial charge in [0.1, 0.15) is 5.82 Å². The maximum atomic E-state index is 11.5. The van der Waals surface area contributed by atoms with Gasteiger partial charge in [0.15, 0.2) is 0 Å². The van der Waals surface area contributed by atoms with Crippen molar-refractivity contribution in [3.63, 3.8) is 0 Å². The Kier molecular flexibility index (Phi) is 3.87. The highest BCUT2D eigenvalue weighted by atomic mass is 16.1. The molecule has 0 aliphatic rings. The summed E-state index contributed by atoms with van der Waals surface area (Å²) < 4.78 is 0. The molecule has 0 fully saturated rings. The number of rotatable bonds is 4. The van der Waals surface area contributed by atoms with Crippen LogP contribution in [0.3, 0.4) is 0 Å². The molecule has 0 saturated heterocycles. The number of benzene rings is 1. The lowest BCUT2D eigenvalue weighted by atomic mass is 9.97. The molecule has 5 nitrogen and oxygen atoms in total. The lowest BCUT2D eigenvalue weighted by molar-refractivity contribution is -0.120. The third-order valence-electron chi connectivity index (χ3n) is 3.80. The topological polar surface area (TPSA) is 70.7 Å². The monoisotopic (exact) mass is 294 g/mol. The number of carbonyl (C=O) groups excluding carboxylic acids is 1. The zero-order chi connectivity index (χ0) is 15.5. The zero-order valence-electron chi connectivity index (χ0n) is 12.6. The fourth-order valence-electron chi connectivity index (χ4n) is 2.47. The van der Waals surface area contributed by atoms with E-state index in [1.807, 2.05) is 37.3 Å². The van der Waals surface area contributed by atoms with E-state index in [0.717, 1.165) is 28.0 Å². The molecule has 0 spiro atoms. The molecule has 112 valence electrons. The molecular weight excluding hydrogens is 276 g/mol. The second-order valence-electron chi connectivity index (χ2n) is 5.38. The van der Waals surface area contributed by atoms with E-state index < -0.39 is 0 Å². The number of aromatic amines is 1. The van der Waals surface area contributed by atoms with E-state index in [-0.39, 0.29) is 11.8 Å². The average Bonchev–Trinajstić information content (AvgIpc) is 2.98. The molecule has 2 aromatic heterocycles. The molecule has 5 heteroatoms. The molecule has 0 radical (unpaired) electrons. The van der Waals surface area contributed by atoms with Gasteiger partial charge in [-0.1, -0.05) is 13.0 Å². The van der Waals surface area contributed by atoms with E-state index in [1.54, 1.807) is 19.4 Å². The SMILES string of the molecule is CNC(=O)CC(C)c1ccc2[nH]c(-c3ccncc3)nc2c1. The van der Waals surface area contributed by atoms with Crippen LogP contribution in [0.25, 0.3) is 22.4 Å². The van der Waals surface area contributed by atoms with Crippen molar-refractivity contribution in [2.75, 3.05) is 7.05 Å². The predicted molar refractivity (Wildman–Crippen MR) is 86.4 cm³/mol. The third kappa shape index (κ3) is 2.83. The maximum absolute atomic E-state index is 11.5. The van der Waals surface area contributed by atoms with Gasteiger partial charge in [0.2, 0.25) is 5.91 Å². The number of hydrogen-bond acceptors (Lipinski definition) is 3. The Morgan fingerprint density at radius 3 is 2.77 bits per heavy atom. The lowest BCUT2D eigenvalue weighted by Crippen LogP contribution is -2.19. The molecule has 1 atom stereocenters. The number of fused-ring (bicyclic) bond motifs is 1. The summed E-state index contributed by atoms with van der Waals surface area (Å²) in [6, 6.07) is 9.96. The number of carbonyl (C=O) groups is 1. The van der Waals surface area contributed by atoms with Gasteiger partial charge in [0.25, 0.3) is 0 Å². The third-order valence-corrected chi connectivity index (χ3v) is 3.80. The number of nitrogens with zero attached hydrogens (tertiary/aromatic N) is 2. The van der Waals surface area contributed by atoms with E-state index in [2.05, 4.69) is 20.3 Å². The second-order valence-corrected chi connectivity index (χ2v) is 5.38. The van der Waals surface area contributed by atoms with Crippen molar-refractivity contribution in [2.45, 2.75) is 19.3 Å². The molecule has 0 bridgehead atoms. The van der Waals surface area contributed by atoms with Crippen LogP contribution in [0.1, 0.15) is 24.8 Å². The fourth-order valence-corrected chi connectivity index (χ4v) is 2.47. The van der Waals surface area contributed by atoms with Crippen LogP contribution in [-0.2, 0) is 4.79 Å². The standard InChI is InChI=1S/C17H18N4O/c1-11(9-16(22)18-2)13-3-4-14-15(10-13)21-17(20-14)12-5-7-19-8-6-12/h3-8,10-11H,9H2,1-2H3,(H,18,22)(H,20,21). The fraction of sp³-hybridized carbons (Fsp3) is 0.235. The van der Waals surface area contributed by atoms with Crippen LogP contribution in [-0.4, -0.2) is 27.9 Å². The summed E-state index contributed by atoms with van der Waals surface area (Å²) in [5.74, 6) is 1.03. The molecule has 22 heavy (non-hydrogen) atoms. The van der Waals surface area contributed by atoms with Gasteiger partial charge in [0, 0.05) is 31.4 Å². The highest BCUT2D eigenvalue weighted by molar-refractivity contribution is 5.81. The van der Waals surface area contributed by atoms with Crippen molar-refractivity contribution in [2.24, 2.45) is 0 Å². The molecule has 0 aliphatic heterocycles. The summed E-state index contributed by atoms with van der Waals surface area (Å²) in [4.78, 5) is 23.5. The Balaban J connectivity index is 1.92. The van der Waals surface area contributed by atoms with E-state index in [0.29, 0.717) is 6.42 Å². The molecule has 3 aromatic rings. The van der Waals surface area contributed by atoms with Crippen LogP contribution >= 0.6 is 0 Å². The predicted octanol–water partition coefficient (Wildman–Crippen LogP) is 2.86. The second kappa shape index (κ2) is 5.97. The van der Waals surface area contributed by atoms with Gasteiger partial charge in [-0.15, -0.1) is 0 Å². The highest BCUT2D eigenvalue weighted by Gasteiger charge is 2.12. The number of H-pyrrole nitrogens is 1. The minimum absolute atomic E-state index is 0.0482. The number of nitrogens with one attached hydrogen (secondary N) is 2. The Morgan fingerprint density at radius 1 is 1.27 bits per heavy atom. The first kappa shape index (κ1) is 14.3. The van der Waals surface area contributed by atoms with Crippen molar-refractivity contribution in [3.05, 3.63) is 48.3 Å². The summed E-state index contributed by atoms with van der Waals surface area (Å²) in [7, 11) is 1.66. The van der Waals surface area contributed by atoms with Crippen LogP contribution in [0.5, 0.6) is 0 Å². The van der Waals surface area contributed by atoms with E-state index >= 15 is 0 Å². The Labute approximate surface area is 128 Å². The van der Waals surface area contributed by atoms with Crippen LogP contribution < -0.4 is 5.32 Å². The van der Waals surface area contributed by atoms with Gasteiger partial charge >= 0.3 is 0 Å². The van der Waals surface area contributed by atoms with Crippen LogP contribution in [0.2, 0.25) is 0 Å². The van der Waals surface area contributed by atoms with Crippen molar-refractivity contribution in [1.29, 1.82) is 0 Å². The summed E-state index contributed by atoms with van der Waals surface area (Å²) in [5.41, 5.74) is 4.02. The van der Waals surface area contributed by atoms with E-state index in [4.69, 9.17) is 0 Å². The molecule has 2 N–H and O–H groups in total. The molecule has 1 unspecified atom stereocenters. The molecule has 0 saturated carbocycles. The largest absolute Gasteiger partial charge is 0.359 e. The number of pyridine rings is 1. The number of aromatic nitrogens is 3. The van der Waals surface area contributed by atoms with Crippen molar-refractivity contribution >= 4 is 16.9 Å². The van der Waals surface area contributed by atoms with Crippen molar-refractivity contribution in [3.8, 4) is 11.4 Å². The summed E-state index contributed by atoms with van der Waals surface area (Å²) in [5, 5.41) is 2.66. The average molecular weight is 294 g/mol. The van der Waals surface area contributed by atoms with Gasteiger partial charge in [-0.25, -0.2) is 4.98 Å². The van der Waals surface area contributed by atoms with Crippen LogP contribution in [0.4, 0.5) is 0 Å². The van der Waals surface area contributed by atoms with E-state index in [9.17, 15) is 4.79 Å². The van der Waals surface area contributed by atoms with Crippen LogP contribution in [0, 0.1) is 0 Å². The van der Waals surface area contributed by atoms with Gasteiger partial charge < -0.3 is 10.3 Å². The smallest absolute Gasteiger partial charge is 0.220 e. The van der Waals surface area contributed by atoms with E-state index in [1.165, 1.54) is 0 Å². The zero-order valence-corrected chi connectivity index (χ0v) is 12.6. The summed E-state index contributed by atoms with van der Waals surface area (Å²) >= 11 is 0. The number of hydrogen-bond donors (Lipinski definition) is 2. The quantitative estimate of drug-likeness (QED) is 0.777. The highest BCUT2D eigenvalue weighted by Crippen LogP contribution is 2.25. The normalized spacial score (nSPS) is 12.3. The molecule has 3 rings (SSSR count). The molecule has 1 aromatic carbocycles. The van der Waals surface area contributed by atoms with Crippen LogP contribution in [0.15, 0.2) is 42.7 Å². The van der Waals surface area contributed by atoms with Gasteiger partial charge in [0.05, 0.1) is 11.0 Å². The Morgan fingerprint density at radius 2 is 2.05 bits per heavy atom. The summed E-state index contributed by atoms with van der Waals surface area (Å²) in [6.07, 6.45) is 3.97. The first-order chi connectivity index (χ1) is 10.7. The van der Waals surface area contributed by atoms with Crippen molar-refractivity contribution < 1.29 is 4.79 Å². The summed E-state index contributed by atoms with van der Waals surface area (Å²) in [6.45, 7) is 2.05. The molecule has 1 amide bonds. The minimum Gasteiger partial charge on any atom is -0.359 e. The first-order valence-electron chi connectivity index (χ1n) is 7.28. The first-order valence-corrected chi connectivity index (χ1v) is 7.28. The van der Waals surface area contributed by atoms with Gasteiger partial charge in [-0.3, -0.25) is 9.78 Å². The molecule has 0 aliphatic carbocycles. The van der Waals surface area contributed by atoms with Gasteiger partial charge in [-0.05, 0) is 35.7 Å². The minimum atomic E-state index is 0.0482.